The highest BCUT2D eigenvalue weighted by Crippen LogP contribution is 2.26. The van der Waals surface area contributed by atoms with E-state index in [4.69, 9.17) is 0 Å². The fourth-order valence-electron chi connectivity index (χ4n) is 2.94. The lowest BCUT2D eigenvalue weighted by Gasteiger charge is -2.25. The van der Waals surface area contributed by atoms with Crippen molar-refractivity contribution >= 4 is 10.0 Å². The van der Waals surface area contributed by atoms with Gasteiger partial charge in [-0.3, -0.25) is 4.90 Å². The lowest BCUT2D eigenvalue weighted by atomic mass is 10.0. The highest BCUT2D eigenvalue weighted by Gasteiger charge is 2.28. The summed E-state index contributed by atoms with van der Waals surface area (Å²) in [7, 11) is -3.15. The monoisotopic (exact) mass is 336 g/mol. The molecule has 1 aliphatic rings. The number of nitrogens with zero attached hydrogens (tertiary/aromatic N) is 4. The van der Waals surface area contributed by atoms with Gasteiger partial charge in [0.25, 0.3) is 0 Å². The molecule has 0 aliphatic carbocycles. The number of hydrogen-bond acceptors (Lipinski definition) is 6. The predicted octanol–water partition coefficient (Wildman–Crippen LogP) is 0.551. The van der Waals surface area contributed by atoms with Gasteiger partial charge in [-0.25, -0.2) is 13.1 Å². The average molecular weight is 336 g/mol. The third-order valence-corrected chi connectivity index (χ3v) is 4.91. The Bertz CT molecular complexity index is 744. The summed E-state index contributed by atoms with van der Waals surface area (Å²) in [5.74, 6) is 0.572. The van der Waals surface area contributed by atoms with E-state index in [0.717, 1.165) is 25.1 Å². The van der Waals surface area contributed by atoms with Crippen LogP contribution in [0.5, 0.6) is 0 Å². The van der Waals surface area contributed by atoms with E-state index in [1.807, 2.05) is 24.3 Å². The quantitative estimate of drug-likeness (QED) is 0.826. The Labute approximate surface area is 135 Å². The van der Waals surface area contributed by atoms with E-state index in [9.17, 15) is 8.42 Å². The van der Waals surface area contributed by atoms with Gasteiger partial charge >= 0.3 is 0 Å². The predicted molar refractivity (Wildman–Crippen MR) is 86.0 cm³/mol. The van der Waals surface area contributed by atoms with E-state index in [1.54, 1.807) is 0 Å². The molecule has 124 valence electrons. The molecule has 2 N–H and O–H groups in total. The van der Waals surface area contributed by atoms with Crippen LogP contribution >= 0.6 is 0 Å². The molecule has 0 bridgehead atoms. The smallest absolute Gasteiger partial charge is 0.208 e. The minimum absolute atomic E-state index is 0.00828. The van der Waals surface area contributed by atoms with Gasteiger partial charge in [0, 0.05) is 30.7 Å². The highest BCUT2D eigenvalue weighted by atomic mass is 32.2. The largest absolute Gasteiger partial charge is 0.295 e. The SMILES string of the molecule is CC(c1ccc(-c2nn[nH]n2)cc1)N1CC[C@H](NS(C)(=O)=O)C1. The number of aromatic nitrogens is 4. The number of tetrazole rings is 1. The van der Waals surface area contributed by atoms with E-state index < -0.39 is 10.0 Å². The number of nitrogens with one attached hydrogen (secondary N) is 2. The summed E-state index contributed by atoms with van der Waals surface area (Å²) in [6.45, 7) is 3.73. The summed E-state index contributed by atoms with van der Waals surface area (Å²) in [5.41, 5.74) is 2.09. The zero-order chi connectivity index (χ0) is 16.4. The Balaban J connectivity index is 1.65. The number of likely N-dealkylation sites (tertiary alicyclic amines) is 1. The molecule has 1 saturated heterocycles. The Hall–Kier alpha value is -1.84. The zero-order valence-electron chi connectivity index (χ0n) is 13.1. The molecule has 1 fully saturated rings. The van der Waals surface area contributed by atoms with Crippen LogP contribution in [0.3, 0.4) is 0 Å². The molecular weight excluding hydrogens is 316 g/mol. The molecule has 9 heteroatoms. The van der Waals surface area contributed by atoms with E-state index in [-0.39, 0.29) is 12.1 Å². The van der Waals surface area contributed by atoms with Crippen LogP contribution in [0.15, 0.2) is 24.3 Å². The molecule has 2 aromatic rings. The van der Waals surface area contributed by atoms with Gasteiger partial charge in [0.05, 0.1) is 6.26 Å². The Kier molecular flexibility index (Phi) is 4.42. The average Bonchev–Trinajstić information content (AvgIpc) is 3.16. The van der Waals surface area contributed by atoms with Gasteiger partial charge < -0.3 is 0 Å². The first-order chi connectivity index (χ1) is 10.9. The molecule has 1 aliphatic heterocycles. The Morgan fingerprint density at radius 3 is 2.70 bits per heavy atom. The fourth-order valence-corrected chi connectivity index (χ4v) is 3.74. The minimum Gasteiger partial charge on any atom is -0.295 e. The zero-order valence-corrected chi connectivity index (χ0v) is 13.9. The van der Waals surface area contributed by atoms with Crippen molar-refractivity contribution < 1.29 is 8.42 Å². The molecule has 0 spiro atoms. The summed E-state index contributed by atoms with van der Waals surface area (Å²) >= 11 is 0. The van der Waals surface area contributed by atoms with Crippen LogP contribution in [0.2, 0.25) is 0 Å². The van der Waals surface area contributed by atoms with Crippen molar-refractivity contribution in [3.05, 3.63) is 29.8 Å². The van der Waals surface area contributed by atoms with Crippen LogP contribution in [0, 0.1) is 0 Å². The second-order valence-electron chi connectivity index (χ2n) is 5.90. The molecule has 8 nitrogen and oxygen atoms in total. The van der Waals surface area contributed by atoms with Crippen LogP contribution in [0.4, 0.5) is 0 Å². The van der Waals surface area contributed by atoms with Crippen molar-refractivity contribution in [2.24, 2.45) is 0 Å². The molecule has 0 radical (unpaired) electrons. The standard InChI is InChI=1S/C14H20N6O2S/c1-10(20-8-7-13(9-20)17-23(2,21)22)11-3-5-12(6-4-11)14-15-18-19-16-14/h3-6,10,13,17H,7-9H2,1-2H3,(H,15,16,18,19)/t10?,13-/m0/s1. The van der Waals surface area contributed by atoms with Gasteiger partial charge in [-0.1, -0.05) is 24.3 Å². The lowest BCUT2D eigenvalue weighted by molar-refractivity contribution is 0.258. The number of benzene rings is 1. The van der Waals surface area contributed by atoms with E-state index in [0.29, 0.717) is 5.82 Å². The van der Waals surface area contributed by atoms with E-state index in [1.165, 1.54) is 11.8 Å². The molecule has 23 heavy (non-hydrogen) atoms. The minimum atomic E-state index is -3.15. The second-order valence-corrected chi connectivity index (χ2v) is 7.68. The summed E-state index contributed by atoms with van der Waals surface area (Å²) in [6, 6.07) is 8.26. The molecule has 1 aromatic heterocycles. The third kappa shape index (κ3) is 3.92. The van der Waals surface area contributed by atoms with Crippen LogP contribution in [0.1, 0.15) is 24.9 Å². The molecule has 1 aromatic carbocycles. The lowest BCUT2D eigenvalue weighted by Crippen LogP contribution is -2.36. The first kappa shape index (κ1) is 16.0. The summed E-state index contributed by atoms with van der Waals surface area (Å²) < 4.78 is 25.4. The number of aromatic amines is 1. The number of sulfonamides is 1. The molecular formula is C14H20N6O2S. The maximum absolute atomic E-state index is 11.3. The molecule has 1 unspecified atom stereocenters. The topological polar surface area (TPSA) is 104 Å². The normalized spacial score (nSPS) is 20.7. The molecule has 2 atom stereocenters. The number of rotatable bonds is 5. The van der Waals surface area contributed by atoms with Crippen molar-refractivity contribution in [2.75, 3.05) is 19.3 Å². The fraction of sp³-hybridized carbons (Fsp3) is 0.500. The van der Waals surface area contributed by atoms with Crippen molar-refractivity contribution in [1.82, 2.24) is 30.2 Å². The van der Waals surface area contributed by atoms with Crippen molar-refractivity contribution in [3.63, 3.8) is 0 Å². The summed E-state index contributed by atoms with van der Waals surface area (Å²) in [5, 5.41) is 13.9. The summed E-state index contributed by atoms with van der Waals surface area (Å²) in [4.78, 5) is 2.28. The summed E-state index contributed by atoms with van der Waals surface area (Å²) in [6.07, 6.45) is 2.04. The molecule has 0 saturated carbocycles. The van der Waals surface area contributed by atoms with Crippen molar-refractivity contribution in [2.45, 2.75) is 25.4 Å². The molecule has 2 heterocycles. The van der Waals surface area contributed by atoms with Crippen LogP contribution in [-0.2, 0) is 10.0 Å². The van der Waals surface area contributed by atoms with Crippen molar-refractivity contribution in [3.8, 4) is 11.4 Å². The van der Waals surface area contributed by atoms with Gasteiger partial charge in [-0.2, -0.15) is 5.21 Å². The maximum Gasteiger partial charge on any atom is 0.208 e. The Morgan fingerprint density at radius 2 is 2.09 bits per heavy atom. The second kappa shape index (κ2) is 6.34. The van der Waals surface area contributed by atoms with Gasteiger partial charge in [-0.15, -0.1) is 10.2 Å². The van der Waals surface area contributed by atoms with Crippen LogP contribution in [-0.4, -0.2) is 59.3 Å². The van der Waals surface area contributed by atoms with Crippen molar-refractivity contribution in [1.29, 1.82) is 0 Å². The first-order valence-electron chi connectivity index (χ1n) is 7.47. The molecule has 0 amide bonds. The van der Waals surface area contributed by atoms with Gasteiger partial charge in [0.1, 0.15) is 0 Å². The highest BCUT2D eigenvalue weighted by molar-refractivity contribution is 7.88. The number of hydrogen-bond donors (Lipinski definition) is 2. The van der Waals surface area contributed by atoms with Gasteiger partial charge in [0.15, 0.2) is 0 Å². The first-order valence-corrected chi connectivity index (χ1v) is 9.36. The van der Waals surface area contributed by atoms with Gasteiger partial charge in [-0.05, 0) is 24.1 Å². The Morgan fingerprint density at radius 1 is 1.35 bits per heavy atom. The third-order valence-electron chi connectivity index (χ3n) is 4.14. The van der Waals surface area contributed by atoms with Crippen LogP contribution < -0.4 is 4.72 Å². The molecule has 3 rings (SSSR count). The van der Waals surface area contributed by atoms with E-state index >= 15 is 0 Å². The van der Waals surface area contributed by atoms with Gasteiger partial charge in [0.2, 0.25) is 15.8 Å². The maximum atomic E-state index is 11.3. The number of H-pyrrole nitrogens is 1. The van der Waals surface area contributed by atoms with Crippen LogP contribution in [0.25, 0.3) is 11.4 Å². The van der Waals surface area contributed by atoms with E-state index in [2.05, 4.69) is 37.2 Å².